The number of hydrogen-bond donors (Lipinski definition) is 0. The molecule has 0 aliphatic carbocycles. The van der Waals surface area contributed by atoms with Crippen molar-refractivity contribution in [1.82, 2.24) is 0 Å². The highest BCUT2D eigenvalue weighted by Crippen LogP contribution is 2.20. The molecule has 2 rings (SSSR count). The molecule has 20 heavy (non-hydrogen) atoms. The fraction of sp³-hybridized carbons (Fsp3) is 0.333. The van der Waals surface area contributed by atoms with Crippen molar-refractivity contribution in [3.05, 3.63) is 40.2 Å². The predicted octanol–water partition coefficient (Wildman–Crippen LogP) is 2.61. The molecular weight excluding hydrogens is 260 g/mol. The Kier molecular flexibility index (Phi) is 4.08. The summed E-state index contributed by atoms with van der Waals surface area (Å²) in [5.41, 5.74) is -0.433. The Bertz CT molecular complexity index is 684. The molecule has 5 heteroatoms. The number of methoxy groups -OCH3 is 1. The summed E-state index contributed by atoms with van der Waals surface area (Å²) in [5, 5.41) is 0.641. The zero-order valence-electron chi connectivity index (χ0n) is 11.6. The van der Waals surface area contributed by atoms with Crippen molar-refractivity contribution in [2.45, 2.75) is 13.8 Å². The van der Waals surface area contributed by atoms with E-state index in [9.17, 15) is 9.59 Å². The highest BCUT2D eigenvalue weighted by Gasteiger charge is 2.15. The summed E-state index contributed by atoms with van der Waals surface area (Å²) in [5.74, 6) is 0.122. The number of hydrogen-bond acceptors (Lipinski definition) is 5. The highest BCUT2D eigenvalue weighted by atomic mass is 16.5. The average molecular weight is 276 g/mol. The Hall–Kier alpha value is -2.30. The van der Waals surface area contributed by atoms with E-state index in [1.54, 1.807) is 18.2 Å². The van der Waals surface area contributed by atoms with Gasteiger partial charge in [-0.2, -0.15) is 0 Å². The maximum absolute atomic E-state index is 11.8. The number of rotatable bonds is 4. The molecule has 106 valence electrons. The Morgan fingerprint density at radius 1 is 1.30 bits per heavy atom. The molecule has 0 aliphatic rings. The van der Waals surface area contributed by atoms with Crippen LogP contribution in [0.3, 0.4) is 0 Å². The molecule has 0 fully saturated rings. The van der Waals surface area contributed by atoms with Crippen molar-refractivity contribution in [3.63, 3.8) is 0 Å². The van der Waals surface area contributed by atoms with Gasteiger partial charge in [0, 0.05) is 11.5 Å². The third-order valence-corrected chi connectivity index (χ3v) is 2.71. The molecule has 0 saturated heterocycles. The number of esters is 1. The van der Waals surface area contributed by atoms with Crippen molar-refractivity contribution in [3.8, 4) is 5.75 Å². The van der Waals surface area contributed by atoms with E-state index in [1.807, 2.05) is 13.8 Å². The summed E-state index contributed by atoms with van der Waals surface area (Å²) in [4.78, 5) is 23.6. The third-order valence-electron chi connectivity index (χ3n) is 2.71. The van der Waals surface area contributed by atoms with Crippen LogP contribution in [0.25, 0.3) is 11.0 Å². The smallest absolute Gasteiger partial charge is 0.351 e. The number of carbonyl (C=O) groups is 1. The minimum atomic E-state index is -0.709. The van der Waals surface area contributed by atoms with Crippen LogP contribution in [0.4, 0.5) is 0 Å². The summed E-state index contributed by atoms with van der Waals surface area (Å²) in [7, 11) is 1.52. The molecule has 1 heterocycles. The molecule has 0 aliphatic heterocycles. The quantitative estimate of drug-likeness (QED) is 0.634. The zero-order chi connectivity index (χ0) is 14.7. The van der Waals surface area contributed by atoms with Gasteiger partial charge in [0.2, 0.25) is 0 Å². The van der Waals surface area contributed by atoms with Crippen LogP contribution < -0.4 is 10.4 Å². The SMILES string of the molecule is COc1ccc2cc(C(=O)OCC(C)C)c(=O)oc2c1. The number of carbonyl (C=O) groups excluding carboxylic acids is 1. The van der Waals surface area contributed by atoms with Crippen molar-refractivity contribution in [1.29, 1.82) is 0 Å². The maximum Gasteiger partial charge on any atom is 0.351 e. The zero-order valence-corrected chi connectivity index (χ0v) is 11.6. The monoisotopic (exact) mass is 276 g/mol. The molecule has 0 radical (unpaired) electrons. The van der Waals surface area contributed by atoms with Gasteiger partial charge in [0.1, 0.15) is 16.9 Å². The van der Waals surface area contributed by atoms with Crippen LogP contribution in [0.2, 0.25) is 0 Å². The summed E-state index contributed by atoms with van der Waals surface area (Å²) in [6.07, 6.45) is 0. The van der Waals surface area contributed by atoms with Gasteiger partial charge >= 0.3 is 11.6 Å². The van der Waals surface area contributed by atoms with Crippen LogP contribution in [-0.4, -0.2) is 19.7 Å². The van der Waals surface area contributed by atoms with Crippen LogP contribution in [-0.2, 0) is 4.74 Å². The predicted molar refractivity (Wildman–Crippen MR) is 74.2 cm³/mol. The van der Waals surface area contributed by atoms with Gasteiger partial charge < -0.3 is 13.9 Å². The first-order valence-electron chi connectivity index (χ1n) is 6.30. The van der Waals surface area contributed by atoms with Crippen LogP contribution in [0.5, 0.6) is 5.75 Å². The molecule has 0 amide bonds. The Morgan fingerprint density at radius 2 is 2.05 bits per heavy atom. The van der Waals surface area contributed by atoms with E-state index >= 15 is 0 Å². The summed E-state index contributed by atoms with van der Waals surface area (Å²) in [6, 6.07) is 6.52. The molecule has 1 aromatic carbocycles. The second-order valence-electron chi connectivity index (χ2n) is 4.84. The number of benzene rings is 1. The largest absolute Gasteiger partial charge is 0.497 e. The molecule has 0 unspecified atom stereocenters. The Balaban J connectivity index is 2.38. The topological polar surface area (TPSA) is 65.7 Å². The maximum atomic E-state index is 11.8. The molecule has 0 saturated carbocycles. The molecule has 0 atom stereocenters. The van der Waals surface area contributed by atoms with Gasteiger partial charge in [-0.25, -0.2) is 9.59 Å². The van der Waals surface area contributed by atoms with Crippen LogP contribution >= 0.6 is 0 Å². The van der Waals surface area contributed by atoms with E-state index < -0.39 is 11.6 Å². The van der Waals surface area contributed by atoms with Crippen LogP contribution in [0.1, 0.15) is 24.2 Å². The Morgan fingerprint density at radius 3 is 2.70 bits per heavy atom. The second-order valence-corrected chi connectivity index (χ2v) is 4.84. The van der Waals surface area contributed by atoms with Gasteiger partial charge in [-0.15, -0.1) is 0 Å². The van der Waals surface area contributed by atoms with Crippen molar-refractivity contribution < 1.29 is 18.7 Å². The standard InChI is InChI=1S/C15H16O5/c1-9(2)8-19-14(16)12-6-10-4-5-11(18-3)7-13(10)20-15(12)17/h4-7,9H,8H2,1-3H3. The lowest BCUT2D eigenvalue weighted by molar-refractivity contribution is 0.0454. The van der Waals surface area contributed by atoms with E-state index in [0.29, 0.717) is 16.7 Å². The number of fused-ring (bicyclic) bond motifs is 1. The lowest BCUT2D eigenvalue weighted by Crippen LogP contribution is -2.18. The Labute approximate surface area is 116 Å². The van der Waals surface area contributed by atoms with Gasteiger partial charge in [0.05, 0.1) is 13.7 Å². The van der Waals surface area contributed by atoms with E-state index in [1.165, 1.54) is 13.2 Å². The van der Waals surface area contributed by atoms with Crippen LogP contribution in [0.15, 0.2) is 33.5 Å². The fourth-order valence-corrected chi connectivity index (χ4v) is 1.68. The highest BCUT2D eigenvalue weighted by molar-refractivity contribution is 5.93. The molecule has 0 N–H and O–H groups in total. The third kappa shape index (κ3) is 2.99. The van der Waals surface area contributed by atoms with Gasteiger partial charge in [-0.05, 0) is 24.1 Å². The van der Waals surface area contributed by atoms with Crippen molar-refractivity contribution in [2.24, 2.45) is 5.92 Å². The molecule has 0 spiro atoms. The molecule has 1 aromatic heterocycles. The van der Waals surface area contributed by atoms with Crippen molar-refractivity contribution in [2.75, 3.05) is 13.7 Å². The molecule has 2 aromatic rings. The second kappa shape index (κ2) is 5.77. The minimum absolute atomic E-state index is 0.0942. The first-order valence-corrected chi connectivity index (χ1v) is 6.30. The molecule has 5 nitrogen and oxygen atoms in total. The van der Waals surface area contributed by atoms with E-state index in [2.05, 4.69) is 0 Å². The molecule has 0 bridgehead atoms. The van der Waals surface area contributed by atoms with Gasteiger partial charge in [0.15, 0.2) is 0 Å². The summed E-state index contributed by atoms with van der Waals surface area (Å²) in [6.45, 7) is 4.10. The van der Waals surface area contributed by atoms with E-state index in [-0.39, 0.29) is 18.1 Å². The minimum Gasteiger partial charge on any atom is -0.497 e. The fourth-order valence-electron chi connectivity index (χ4n) is 1.68. The van der Waals surface area contributed by atoms with E-state index in [0.717, 1.165) is 0 Å². The molecular formula is C15H16O5. The summed E-state index contributed by atoms with van der Waals surface area (Å²) >= 11 is 0. The lowest BCUT2D eigenvalue weighted by Gasteiger charge is -2.07. The van der Waals surface area contributed by atoms with E-state index in [4.69, 9.17) is 13.9 Å². The average Bonchev–Trinajstić information content (AvgIpc) is 2.43. The van der Waals surface area contributed by atoms with Crippen LogP contribution in [0, 0.1) is 5.92 Å². The normalized spacial score (nSPS) is 10.8. The van der Waals surface area contributed by atoms with Crippen molar-refractivity contribution >= 4 is 16.9 Å². The van der Waals surface area contributed by atoms with Gasteiger partial charge in [-0.3, -0.25) is 0 Å². The summed E-state index contributed by atoms with van der Waals surface area (Å²) < 4.78 is 15.2. The first-order chi connectivity index (χ1) is 9.51. The van der Waals surface area contributed by atoms with Gasteiger partial charge in [0.25, 0.3) is 0 Å². The first kappa shape index (κ1) is 14.1. The van der Waals surface area contributed by atoms with Gasteiger partial charge in [-0.1, -0.05) is 13.8 Å². The lowest BCUT2D eigenvalue weighted by atomic mass is 10.2. The number of ether oxygens (including phenoxy) is 2.